The Hall–Kier alpha value is -1.72. The van der Waals surface area contributed by atoms with Gasteiger partial charge in [-0.1, -0.05) is 0 Å². The van der Waals surface area contributed by atoms with Crippen LogP contribution in [-0.2, 0) is 4.79 Å². The summed E-state index contributed by atoms with van der Waals surface area (Å²) in [4.78, 5) is 12.7. The molecule has 0 aliphatic carbocycles. The average Bonchev–Trinajstić information content (AvgIpc) is 2.31. The molecule has 0 atom stereocenters. The van der Waals surface area contributed by atoms with E-state index in [1.54, 1.807) is 14.1 Å². The highest BCUT2D eigenvalue weighted by Gasteiger charge is 2.10. The first kappa shape index (κ1) is 14.3. The fourth-order valence-corrected chi connectivity index (χ4v) is 1.35. The van der Waals surface area contributed by atoms with Gasteiger partial charge >= 0.3 is 0 Å². The van der Waals surface area contributed by atoms with Crippen LogP contribution in [0.25, 0.3) is 0 Å². The van der Waals surface area contributed by atoms with Crippen LogP contribution in [0.2, 0.25) is 0 Å². The Morgan fingerprint density at radius 2 is 1.78 bits per heavy atom. The monoisotopic (exact) mass is 260 g/mol. The summed E-state index contributed by atoms with van der Waals surface area (Å²) < 4.78 is 38.4. The van der Waals surface area contributed by atoms with Gasteiger partial charge in [-0.15, -0.1) is 0 Å². The predicted molar refractivity (Wildman–Crippen MR) is 62.7 cm³/mol. The van der Waals surface area contributed by atoms with Crippen molar-refractivity contribution < 1.29 is 18.0 Å². The molecule has 0 fully saturated rings. The number of carbonyl (C=O) groups is 1. The van der Waals surface area contributed by atoms with Gasteiger partial charge in [0.2, 0.25) is 5.91 Å². The molecule has 1 N–H and O–H groups in total. The van der Waals surface area contributed by atoms with E-state index in [9.17, 15) is 18.0 Å². The van der Waals surface area contributed by atoms with Crippen molar-refractivity contribution in [1.29, 1.82) is 0 Å². The molecule has 0 heterocycles. The zero-order valence-corrected chi connectivity index (χ0v) is 10.3. The predicted octanol–water partition coefficient (Wildman–Crippen LogP) is 2.38. The highest BCUT2D eigenvalue weighted by Crippen LogP contribution is 2.17. The third-order valence-electron chi connectivity index (χ3n) is 2.38. The van der Waals surface area contributed by atoms with Gasteiger partial charge in [0.25, 0.3) is 0 Å². The van der Waals surface area contributed by atoms with Crippen LogP contribution in [0.5, 0.6) is 0 Å². The number of rotatable bonds is 5. The third kappa shape index (κ3) is 3.94. The number of nitrogens with one attached hydrogen (secondary N) is 1. The van der Waals surface area contributed by atoms with E-state index < -0.39 is 17.5 Å². The molecule has 0 unspecified atom stereocenters. The first-order valence-corrected chi connectivity index (χ1v) is 5.50. The lowest BCUT2D eigenvalue weighted by molar-refractivity contribution is -0.128. The number of nitrogens with zero attached hydrogens (tertiary/aromatic N) is 1. The Balaban J connectivity index is 2.43. The van der Waals surface area contributed by atoms with E-state index in [2.05, 4.69) is 5.32 Å². The highest BCUT2D eigenvalue weighted by atomic mass is 19.2. The number of carbonyl (C=O) groups excluding carboxylic acids is 1. The molecule has 1 rings (SSSR count). The molecule has 6 heteroatoms. The van der Waals surface area contributed by atoms with Crippen molar-refractivity contribution in [2.24, 2.45) is 0 Å². The lowest BCUT2D eigenvalue weighted by Crippen LogP contribution is -2.22. The van der Waals surface area contributed by atoms with Gasteiger partial charge in [0.1, 0.15) is 0 Å². The Kier molecular flexibility index (Phi) is 5.00. The molecule has 0 aliphatic heterocycles. The number of hydrogen-bond donors (Lipinski definition) is 1. The van der Waals surface area contributed by atoms with Gasteiger partial charge in [0.05, 0.1) is 0 Å². The third-order valence-corrected chi connectivity index (χ3v) is 2.38. The first-order valence-electron chi connectivity index (χ1n) is 5.50. The highest BCUT2D eigenvalue weighted by molar-refractivity contribution is 5.75. The minimum atomic E-state index is -1.48. The van der Waals surface area contributed by atoms with Gasteiger partial charge in [-0.05, 0) is 6.42 Å². The molecule has 0 spiro atoms. The van der Waals surface area contributed by atoms with Crippen LogP contribution in [0.1, 0.15) is 12.8 Å². The maximum Gasteiger partial charge on any atom is 0.222 e. The molecule has 0 bridgehead atoms. The zero-order valence-electron chi connectivity index (χ0n) is 10.3. The van der Waals surface area contributed by atoms with Crippen LogP contribution in [-0.4, -0.2) is 31.4 Å². The molecule has 18 heavy (non-hydrogen) atoms. The van der Waals surface area contributed by atoms with E-state index in [1.807, 2.05) is 0 Å². The van der Waals surface area contributed by atoms with Crippen molar-refractivity contribution in [2.75, 3.05) is 26.0 Å². The van der Waals surface area contributed by atoms with Crippen molar-refractivity contribution in [1.82, 2.24) is 4.90 Å². The smallest absolute Gasteiger partial charge is 0.222 e. The number of anilines is 1. The molecule has 1 amide bonds. The van der Waals surface area contributed by atoms with E-state index in [0.29, 0.717) is 19.4 Å². The Bertz CT molecular complexity index is 412. The second kappa shape index (κ2) is 6.28. The summed E-state index contributed by atoms with van der Waals surface area (Å²) in [5, 5.41) is 2.73. The summed E-state index contributed by atoms with van der Waals surface area (Å²) in [5.74, 6) is -3.97. The van der Waals surface area contributed by atoms with E-state index >= 15 is 0 Å². The topological polar surface area (TPSA) is 32.3 Å². The Labute approximate surface area is 104 Å². The molecule has 0 radical (unpaired) electrons. The average molecular weight is 260 g/mol. The quantitative estimate of drug-likeness (QED) is 0.651. The van der Waals surface area contributed by atoms with Gasteiger partial charge in [-0.2, -0.15) is 0 Å². The molecule has 100 valence electrons. The van der Waals surface area contributed by atoms with Gasteiger partial charge in [-0.25, -0.2) is 13.2 Å². The number of hydrogen-bond acceptors (Lipinski definition) is 2. The maximum absolute atomic E-state index is 12.9. The summed E-state index contributed by atoms with van der Waals surface area (Å²) in [6.07, 6.45) is 0.865. The summed E-state index contributed by atoms with van der Waals surface area (Å²) in [6.45, 7) is 0.379. The lowest BCUT2D eigenvalue weighted by Gasteiger charge is -2.10. The standard InChI is InChI=1S/C12H15F3N2O/c1-17(2)11(18)4-3-5-16-8-6-9(13)12(15)10(14)7-8/h6-7,16H,3-5H2,1-2H3. The fraction of sp³-hybridized carbons (Fsp3) is 0.417. The van der Waals surface area contributed by atoms with Gasteiger partial charge in [-0.3, -0.25) is 4.79 Å². The Morgan fingerprint density at radius 3 is 2.28 bits per heavy atom. The molecule has 0 saturated heterocycles. The Morgan fingerprint density at radius 1 is 1.22 bits per heavy atom. The fourth-order valence-electron chi connectivity index (χ4n) is 1.35. The van der Waals surface area contributed by atoms with Gasteiger partial charge < -0.3 is 10.2 Å². The van der Waals surface area contributed by atoms with Crippen LogP contribution in [0.3, 0.4) is 0 Å². The second-order valence-electron chi connectivity index (χ2n) is 4.07. The number of halogens is 3. The molecular weight excluding hydrogens is 245 g/mol. The molecule has 0 aromatic heterocycles. The second-order valence-corrected chi connectivity index (χ2v) is 4.07. The van der Waals surface area contributed by atoms with Crippen LogP contribution in [0, 0.1) is 17.5 Å². The summed E-state index contributed by atoms with van der Waals surface area (Å²) in [6, 6.07) is 1.76. The SMILES string of the molecule is CN(C)C(=O)CCCNc1cc(F)c(F)c(F)c1. The first-order chi connectivity index (χ1) is 8.41. The van der Waals surface area contributed by atoms with Crippen LogP contribution < -0.4 is 5.32 Å². The molecule has 0 saturated carbocycles. The largest absolute Gasteiger partial charge is 0.385 e. The van der Waals surface area contributed by atoms with Crippen molar-refractivity contribution >= 4 is 11.6 Å². The summed E-state index contributed by atoms with van der Waals surface area (Å²) >= 11 is 0. The summed E-state index contributed by atoms with van der Waals surface area (Å²) in [5.41, 5.74) is 0.156. The maximum atomic E-state index is 12.9. The number of benzene rings is 1. The van der Waals surface area contributed by atoms with Crippen LogP contribution in [0.4, 0.5) is 18.9 Å². The lowest BCUT2D eigenvalue weighted by atomic mass is 10.2. The number of amides is 1. The van der Waals surface area contributed by atoms with Crippen molar-refractivity contribution in [3.8, 4) is 0 Å². The van der Waals surface area contributed by atoms with Gasteiger partial charge in [0.15, 0.2) is 17.5 Å². The molecule has 1 aromatic rings. The molecule has 3 nitrogen and oxygen atoms in total. The molecule has 0 aliphatic rings. The van der Waals surface area contributed by atoms with Crippen LogP contribution >= 0.6 is 0 Å². The van der Waals surface area contributed by atoms with E-state index in [-0.39, 0.29) is 11.6 Å². The summed E-state index contributed by atoms with van der Waals surface area (Å²) in [7, 11) is 3.31. The molecule has 1 aromatic carbocycles. The van der Waals surface area contributed by atoms with Crippen LogP contribution in [0.15, 0.2) is 12.1 Å². The van der Waals surface area contributed by atoms with E-state index in [4.69, 9.17) is 0 Å². The van der Waals surface area contributed by atoms with Crippen molar-refractivity contribution in [3.63, 3.8) is 0 Å². The minimum absolute atomic E-state index is 0.0201. The minimum Gasteiger partial charge on any atom is -0.385 e. The molecular formula is C12H15F3N2O. The normalized spacial score (nSPS) is 10.3. The van der Waals surface area contributed by atoms with Crippen molar-refractivity contribution in [3.05, 3.63) is 29.6 Å². The van der Waals surface area contributed by atoms with E-state index in [1.165, 1.54) is 4.90 Å². The van der Waals surface area contributed by atoms with Gasteiger partial charge in [0, 0.05) is 44.9 Å². The zero-order chi connectivity index (χ0) is 13.7. The van der Waals surface area contributed by atoms with Crippen molar-refractivity contribution in [2.45, 2.75) is 12.8 Å². The van der Waals surface area contributed by atoms with E-state index in [0.717, 1.165) is 12.1 Å².